The summed E-state index contributed by atoms with van der Waals surface area (Å²) < 4.78 is 13.0. The molecule has 0 atom stereocenters. The van der Waals surface area contributed by atoms with Gasteiger partial charge in [0.1, 0.15) is 0 Å². The number of amides is 1. The van der Waals surface area contributed by atoms with Crippen molar-refractivity contribution in [2.75, 3.05) is 7.05 Å². The van der Waals surface area contributed by atoms with Gasteiger partial charge in [-0.05, 0) is 0 Å². The van der Waals surface area contributed by atoms with Crippen LogP contribution in [-0.2, 0) is 0 Å². The molecule has 0 aromatic carbocycles. The van der Waals surface area contributed by atoms with Gasteiger partial charge in [0.2, 0.25) is 0 Å². The molecule has 1 aromatic rings. The van der Waals surface area contributed by atoms with Gasteiger partial charge in [0.25, 0.3) is 5.91 Å². The van der Waals surface area contributed by atoms with Gasteiger partial charge in [0.05, 0.1) is 10.6 Å². The molecular formula is C7H5Cl2FN2O. The Morgan fingerprint density at radius 1 is 1.62 bits per heavy atom. The van der Waals surface area contributed by atoms with E-state index in [0.29, 0.717) is 0 Å². The Morgan fingerprint density at radius 3 is 2.77 bits per heavy atom. The number of hydrogen-bond donors (Lipinski definition) is 1. The molecule has 0 fully saturated rings. The summed E-state index contributed by atoms with van der Waals surface area (Å²) in [5.41, 5.74) is -0.0360. The molecule has 0 saturated carbocycles. The molecule has 1 aromatic heterocycles. The fraction of sp³-hybridized carbons (Fsp3) is 0.143. The van der Waals surface area contributed by atoms with E-state index in [1.165, 1.54) is 7.05 Å². The van der Waals surface area contributed by atoms with E-state index in [-0.39, 0.29) is 15.7 Å². The number of halogens is 3. The maximum absolute atomic E-state index is 13.0. The third-order valence-corrected chi connectivity index (χ3v) is 2.02. The van der Waals surface area contributed by atoms with E-state index in [2.05, 4.69) is 10.3 Å². The molecule has 6 heteroatoms. The second-order valence-corrected chi connectivity index (χ2v) is 2.91. The van der Waals surface area contributed by atoms with E-state index in [4.69, 9.17) is 23.2 Å². The van der Waals surface area contributed by atoms with Crippen LogP contribution in [0.3, 0.4) is 0 Å². The highest BCUT2D eigenvalue weighted by molar-refractivity contribution is 6.36. The quantitative estimate of drug-likeness (QED) is 0.738. The Hall–Kier alpha value is -0.870. The summed E-state index contributed by atoms with van der Waals surface area (Å²) in [5, 5.41) is 1.63. The summed E-state index contributed by atoms with van der Waals surface area (Å²) in [6.07, 6.45) is 1.12. The summed E-state index contributed by atoms with van der Waals surface area (Å²) in [5.74, 6) is -1.39. The van der Waals surface area contributed by atoms with Crippen molar-refractivity contribution in [3.8, 4) is 0 Å². The predicted octanol–water partition coefficient (Wildman–Crippen LogP) is 1.89. The van der Waals surface area contributed by atoms with Crippen molar-refractivity contribution in [1.29, 1.82) is 0 Å². The monoisotopic (exact) mass is 222 g/mol. The number of hydrogen-bond acceptors (Lipinski definition) is 2. The second kappa shape index (κ2) is 3.89. The van der Waals surface area contributed by atoms with Crippen LogP contribution in [0.15, 0.2) is 6.20 Å². The van der Waals surface area contributed by atoms with Gasteiger partial charge in [-0.25, -0.2) is 9.37 Å². The Bertz CT molecular complexity index is 357. The minimum absolute atomic E-state index is 0.0360. The minimum atomic E-state index is -0.885. The van der Waals surface area contributed by atoms with Gasteiger partial charge in [-0.3, -0.25) is 4.79 Å². The minimum Gasteiger partial charge on any atom is -0.355 e. The van der Waals surface area contributed by atoms with Gasteiger partial charge >= 0.3 is 0 Å². The summed E-state index contributed by atoms with van der Waals surface area (Å²) in [6, 6.07) is 0. The Labute approximate surface area is 83.9 Å². The number of rotatable bonds is 1. The van der Waals surface area contributed by atoms with Gasteiger partial charge in [-0.1, -0.05) is 23.2 Å². The van der Waals surface area contributed by atoms with Gasteiger partial charge in [-0.15, -0.1) is 0 Å². The zero-order valence-electron chi connectivity index (χ0n) is 6.57. The van der Waals surface area contributed by atoms with Crippen molar-refractivity contribution < 1.29 is 9.18 Å². The molecule has 0 spiro atoms. The van der Waals surface area contributed by atoms with Crippen LogP contribution in [0.5, 0.6) is 0 Å². The lowest BCUT2D eigenvalue weighted by Crippen LogP contribution is -2.19. The summed E-state index contributed by atoms with van der Waals surface area (Å²) in [4.78, 5) is 14.5. The number of aromatic nitrogens is 1. The maximum Gasteiger partial charge on any atom is 0.254 e. The fourth-order valence-electron chi connectivity index (χ4n) is 0.736. The largest absolute Gasteiger partial charge is 0.355 e. The van der Waals surface area contributed by atoms with E-state index < -0.39 is 11.7 Å². The molecule has 70 valence electrons. The topological polar surface area (TPSA) is 42.0 Å². The van der Waals surface area contributed by atoms with Crippen LogP contribution >= 0.6 is 23.2 Å². The highest BCUT2D eigenvalue weighted by atomic mass is 35.5. The molecule has 0 bridgehead atoms. The predicted molar refractivity (Wildman–Crippen MR) is 47.6 cm³/mol. The van der Waals surface area contributed by atoms with Crippen molar-refractivity contribution in [3.63, 3.8) is 0 Å². The first-order valence-corrected chi connectivity index (χ1v) is 4.05. The van der Waals surface area contributed by atoms with E-state index in [1.807, 2.05) is 0 Å². The molecule has 0 aliphatic carbocycles. The molecule has 0 unspecified atom stereocenters. The maximum atomic E-state index is 13.0. The summed E-state index contributed by atoms with van der Waals surface area (Å²) in [7, 11) is 1.41. The lowest BCUT2D eigenvalue weighted by Gasteiger charge is -2.03. The van der Waals surface area contributed by atoms with Crippen molar-refractivity contribution >= 4 is 29.1 Å². The summed E-state index contributed by atoms with van der Waals surface area (Å²) >= 11 is 10.8. The molecule has 13 heavy (non-hydrogen) atoms. The van der Waals surface area contributed by atoms with Gasteiger partial charge in [0, 0.05) is 13.2 Å². The van der Waals surface area contributed by atoms with Crippen LogP contribution in [0.4, 0.5) is 4.39 Å². The van der Waals surface area contributed by atoms with Crippen molar-refractivity contribution in [1.82, 2.24) is 10.3 Å². The molecule has 0 aliphatic heterocycles. The number of carbonyl (C=O) groups excluding carboxylic acids is 1. The number of carbonyl (C=O) groups is 1. The van der Waals surface area contributed by atoms with Gasteiger partial charge in [-0.2, -0.15) is 0 Å². The van der Waals surface area contributed by atoms with Crippen LogP contribution in [0.1, 0.15) is 10.4 Å². The Balaban J connectivity index is 3.26. The molecule has 3 nitrogen and oxygen atoms in total. The third kappa shape index (κ3) is 1.89. The van der Waals surface area contributed by atoms with Crippen LogP contribution in [-0.4, -0.2) is 17.9 Å². The average Bonchev–Trinajstić information content (AvgIpc) is 2.13. The molecule has 0 saturated heterocycles. The van der Waals surface area contributed by atoms with Crippen molar-refractivity contribution in [2.24, 2.45) is 0 Å². The van der Waals surface area contributed by atoms with E-state index >= 15 is 0 Å². The normalized spacial score (nSPS) is 9.85. The van der Waals surface area contributed by atoms with Crippen molar-refractivity contribution in [2.45, 2.75) is 0 Å². The average molecular weight is 223 g/mol. The van der Waals surface area contributed by atoms with Crippen LogP contribution in [0, 0.1) is 5.82 Å². The molecule has 1 heterocycles. The first-order valence-electron chi connectivity index (χ1n) is 3.29. The standard InChI is InChI=1S/C7H5Cl2FN2O/c1-11-7(13)3-2-12-6(9)5(10)4(3)8/h2H,1H3,(H,11,13). The van der Waals surface area contributed by atoms with Crippen LogP contribution < -0.4 is 5.32 Å². The zero-order chi connectivity index (χ0) is 10.0. The third-order valence-electron chi connectivity index (χ3n) is 1.39. The SMILES string of the molecule is CNC(=O)c1cnc(Cl)c(F)c1Cl. The Kier molecular flexibility index (Phi) is 3.06. The lowest BCUT2D eigenvalue weighted by molar-refractivity contribution is 0.0962. The van der Waals surface area contributed by atoms with Crippen LogP contribution in [0.25, 0.3) is 0 Å². The van der Waals surface area contributed by atoms with E-state index in [0.717, 1.165) is 6.20 Å². The number of nitrogens with zero attached hydrogens (tertiary/aromatic N) is 1. The highest BCUT2D eigenvalue weighted by Crippen LogP contribution is 2.23. The smallest absolute Gasteiger partial charge is 0.254 e. The molecular weight excluding hydrogens is 218 g/mol. The molecule has 1 rings (SSSR count). The second-order valence-electron chi connectivity index (χ2n) is 2.17. The molecule has 0 radical (unpaired) electrons. The van der Waals surface area contributed by atoms with Crippen molar-refractivity contribution in [3.05, 3.63) is 27.8 Å². The molecule has 1 N–H and O–H groups in total. The van der Waals surface area contributed by atoms with Gasteiger partial charge < -0.3 is 5.32 Å². The highest BCUT2D eigenvalue weighted by Gasteiger charge is 2.15. The lowest BCUT2D eigenvalue weighted by atomic mass is 10.2. The first kappa shape index (κ1) is 10.2. The Morgan fingerprint density at radius 2 is 2.23 bits per heavy atom. The van der Waals surface area contributed by atoms with E-state index in [9.17, 15) is 9.18 Å². The fourth-order valence-corrected chi connectivity index (χ4v) is 1.15. The summed E-state index contributed by atoms with van der Waals surface area (Å²) in [6.45, 7) is 0. The molecule has 1 amide bonds. The number of pyridine rings is 1. The van der Waals surface area contributed by atoms with Gasteiger partial charge in [0.15, 0.2) is 11.0 Å². The first-order chi connectivity index (χ1) is 6.07. The number of nitrogens with one attached hydrogen (secondary N) is 1. The van der Waals surface area contributed by atoms with Crippen LogP contribution in [0.2, 0.25) is 10.2 Å². The molecule has 0 aliphatic rings. The van der Waals surface area contributed by atoms with E-state index in [1.54, 1.807) is 0 Å². The zero-order valence-corrected chi connectivity index (χ0v) is 8.08.